The third kappa shape index (κ3) is 4.43. The van der Waals surface area contributed by atoms with E-state index in [0.29, 0.717) is 16.8 Å². The number of aryl methyl sites for hydroxylation is 3. The Morgan fingerprint density at radius 3 is 2.04 bits per heavy atom. The van der Waals surface area contributed by atoms with Crippen molar-refractivity contribution in [2.24, 2.45) is 0 Å². The van der Waals surface area contributed by atoms with Crippen molar-refractivity contribution in [3.05, 3.63) is 88.2 Å². The van der Waals surface area contributed by atoms with Gasteiger partial charge in [0, 0.05) is 23.8 Å². The molecule has 3 rings (SSSR count). The average molecular weight is 373 g/mol. The third-order valence-electron chi connectivity index (χ3n) is 4.60. The van der Waals surface area contributed by atoms with Gasteiger partial charge in [0.05, 0.1) is 11.1 Å². The van der Waals surface area contributed by atoms with E-state index in [1.54, 1.807) is 6.07 Å². The summed E-state index contributed by atoms with van der Waals surface area (Å²) in [6.07, 6.45) is 2.90. The molecule has 0 bridgehead atoms. The molecule has 0 aliphatic rings. The molecule has 28 heavy (non-hydrogen) atoms. The molecular formula is C23H23N3O2. The fourth-order valence-corrected chi connectivity index (χ4v) is 3.02. The molecule has 2 N–H and O–H groups in total. The molecule has 0 aliphatic heterocycles. The zero-order valence-corrected chi connectivity index (χ0v) is 16.5. The molecule has 0 aliphatic carbocycles. The lowest BCUT2D eigenvalue weighted by molar-refractivity contribution is 0.102. The number of aromatic nitrogens is 1. The van der Waals surface area contributed by atoms with E-state index in [0.717, 1.165) is 27.9 Å². The Morgan fingerprint density at radius 1 is 0.786 bits per heavy atom. The van der Waals surface area contributed by atoms with E-state index in [1.807, 2.05) is 64.1 Å². The molecular weight excluding hydrogens is 350 g/mol. The van der Waals surface area contributed by atoms with Gasteiger partial charge in [-0.1, -0.05) is 18.2 Å². The minimum absolute atomic E-state index is 0.303. The van der Waals surface area contributed by atoms with Gasteiger partial charge in [-0.15, -0.1) is 0 Å². The minimum Gasteiger partial charge on any atom is -0.322 e. The molecule has 3 aromatic rings. The van der Waals surface area contributed by atoms with E-state index in [1.165, 1.54) is 12.4 Å². The van der Waals surface area contributed by atoms with E-state index in [4.69, 9.17) is 0 Å². The third-order valence-corrected chi connectivity index (χ3v) is 4.60. The molecule has 1 heterocycles. The molecule has 0 saturated heterocycles. The van der Waals surface area contributed by atoms with Crippen LogP contribution < -0.4 is 10.6 Å². The van der Waals surface area contributed by atoms with Crippen LogP contribution in [0.1, 0.15) is 43.0 Å². The molecule has 0 atom stereocenters. The second-order valence-electron chi connectivity index (χ2n) is 6.99. The van der Waals surface area contributed by atoms with E-state index >= 15 is 0 Å². The van der Waals surface area contributed by atoms with Crippen molar-refractivity contribution in [3.63, 3.8) is 0 Å². The van der Waals surface area contributed by atoms with E-state index < -0.39 is 0 Å². The zero-order valence-electron chi connectivity index (χ0n) is 16.5. The lowest BCUT2D eigenvalue weighted by Gasteiger charge is -2.11. The molecule has 0 spiro atoms. The molecule has 1 aromatic heterocycles. The van der Waals surface area contributed by atoms with E-state index in [2.05, 4.69) is 15.6 Å². The van der Waals surface area contributed by atoms with Gasteiger partial charge in [0.25, 0.3) is 11.8 Å². The second-order valence-corrected chi connectivity index (χ2v) is 6.99. The van der Waals surface area contributed by atoms with Crippen molar-refractivity contribution < 1.29 is 9.59 Å². The summed E-state index contributed by atoms with van der Waals surface area (Å²) in [6, 6.07) is 13.1. The van der Waals surface area contributed by atoms with Crippen LogP contribution in [0.25, 0.3) is 0 Å². The lowest BCUT2D eigenvalue weighted by Crippen LogP contribution is -2.16. The van der Waals surface area contributed by atoms with Crippen LogP contribution in [0.3, 0.4) is 0 Å². The predicted molar refractivity (Wildman–Crippen MR) is 112 cm³/mol. The summed E-state index contributed by atoms with van der Waals surface area (Å²) in [7, 11) is 0. The standard InChI is InChI=1S/C23H23N3O2/c1-14-8-15(2)10-20(9-14)25-22(27)18-11-19(13-24-12-18)23(28)26-21-7-5-6-16(3)17(21)4/h5-13H,1-4H3,(H,25,27)(H,26,28). The maximum Gasteiger partial charge on any atom is 0.257 e. The van der Waals surface area contributed by atoms with Gasteiger partial charge in [-0.3, -0.25) is 14.6 Å². The Kier molecular flexibility index (Phi) is 5.54. The van der Waals surface area contributed by atoms with E-state index in [9.17, 15) is 9.59 Å². The highest BCUT2D eigenvalue weighted by Gasteiger charge is 2.13. The molecule has 2 aromatic carbocycles. The van der Waals surface area contributed by atoms with Crippen molar-refractivity contribution in [2.45, 2.75) is 27.7 Å². The fourth-order valence-electron chi connectivity index (χ4n) is 3.02. The summed E-state index contributed by atoms with van der Waals surface area (Å²) in [6.45, 7) is 7.90. The predicted octanol–water partition coefficient (Wildman–Crippen LogP) is 4.82. The fraction of sp³-hybridized carbons (Fsp3) is 0.174. The number of hydrogen-bond donors (Lipinski definition) is 2. The van der Waals surface area contributed by atoms with Gasteiger partial charge in [-0.2, -0.15) is 0 Å². The van der Waals surface area contributed by atoms with Gasteiger partial charge in [0.1, 0.15) is 0 Å². The highest BCUT2D eigenvalue weighted by molar-refractivity contribution is 6.08. The molecule has 2 amide bonds. The quantitative estimate of drug-likeness (QED) is 0.689. The number of benzene rings is 2. The summed E-state index contributed by atoms with van der Waals surface area (Å²) in [4.78, 5) is 29.3. The van der Waals surface area contributed by atoms with Crippen LogP contribution in [0, 0.1) is 27.7 Å². The minimum atomic E-state index is -0.307. The van der Waals surface area contributed by atoms with Crippen LogP contribution in [0.2, 0.25) is 0 Å². The van der Waals surface area contributed by atoms with Gasteiger partial charge in [-0.25, -0.2) is 0 Å². The molecule has 5 nitrogen and oxygen atoms in total. The molecule has 0 saturated carbocycles. The lowest BCUT2D eigenvalue weighted by atomic mass is 10.1. The monoisotopic (exact) mass is 373 g/mol. The second kappa shape index (κ2) is 8.05. The summed E-state index contributed by atoms with van der Waals surface area (Å²) >= 11 is 0. The average Bonchev–Trinajstić information content (AvgIpc) is 2.64. The van der Waals surface area contributed by atoms with Crippen LogP contribution in [0.5, 0.6) is 0 Å². The van der Waals surface area contributed by atoms with Crippen molar-refractivity contribution >= 4 is 23.2 Å². The van der Waals surface area contributed by atoms with Gasteiger partial charge in [0.15, 0.2) is 0 Å². The zero-order chi connectivity index (χ0) is 20.3. The summed E-state index contributed by atoms with van der Waals surface area (Å²) in [5.74, 6) is -0.610. The van der Waals surface area contributed by atoms with Crippen molar-refractivity contribution in [2.75, 3.05) is 10.6 Å². The summed E-state index contributed by atoms with van der Waals surface area (Å²) < 4.78 is 0. The molecule has 0 radical (unpaired) electrons. The Balaban J connectivity index is 1.78. The first-order valence-electron chi connectivity index (χ1n) is 9.06. The number of amides is 2. The Labute approximate surface area is 164 Å². The maximum atomic E-state index is 12.6. The number of pyridine rings is 1. The van der Waals surface area contributed by atoms with Gasteiger partial charge in [0.2, 0.25) is 0 Å². The number of nitrogens with zero attached hydrogens (tertiary/aromatic N) is 1. The van der Waals surface area contributed by atoms with Crippen LogP contribution in [-0.2, 0) is 0 Å². The summed E-state index contributed by atoms with van der Waals surface area (Å²) in [5.41, 5.74) is 6.35. The number of carbonyl (C=O) groups excluding carboxylic acids is 2. The first-order valence-corrected chi connectivity index (χ1v) is 9.06. The van der Waals surface area contributed by atoms with Crippen molar-refractivity contribution in [1.82, 2.24) is 4.98 Å². The smallest absolute Gasteiger partial charge is 0.257 e. The maximum absolute atomic E-state index is 12.6. The SMILES string of the molecule is Cc1cc(C)cc(NC(=O)c2cncc(C(=O)Nc3cccc(C)c3C)c2)c1. The van der Waals surface area contributed by atoms with Crippen molar-refractivity contribution in [3.8, 4) is 0 Å². The Morgan fingerprint density at radius 2 is 1.39 bits per heavy atom. The normalized spacial score (nSPS) is 10.4. The highest BCUT2D eigenvalue weighted by atomic mass is 16.2. The molecule has 5 heteroatoms. The van der Waals surface area contributed by atoms with Gasteiger partial charge >= 0.3 is 0 Å². The van der Waals surface area contributed by atoms with Gasteiger partial charge in [-0.05, 0) is 74.2 Å². The molecule has 0 unspecified atom stereocenters. The number of nitrogens with one attached hydrogen (secondary N) is 2. The summed E-state index contributed by atoms with van der Waals surface area (Å²) in [5, 5.41) is 5.75. The topological polar surface area (TPSA) is 71.1 Å². The number of rotatable bonds is 4. The largest absolute Gasteiger partial charge is 0.322 e. The van der Waals surface area contributed by atoms with Crippen LogP contribution in [-0.4, -0.2) is 16.8 Å². The first kappa shape index (κ1) is 19.3. The first-order chi connectivity index (χ1) is 13.3. The van der Waals surface area contributed by atoms with Crippen molar-refractivity contribution in [1.29, 1.82) is 0 Å². The van der Waals surface area contributed by atoms with E-state index in [-0.39, 0.29) is 11.8 Å². The Hall–Kier alpha value is -3.47. The molecule has 0 fully saturated rings. The highest BCUT2D eigenvalue weighted by Crippen LogP contribution is 2.19. The number of anilines is 2. The van der Waals surface area contributed by atoms with Crippen LogP contribution in [0.4, 0.5) is 11.4 Å². The Bertz CT molecular complexity index is 1040. The van der Waals surface area contributed by atoms with Crippen LogP contribution in [0.15, 0.2) is 54.9 Å². The molecule has 142 valence electrons. The van der Waals surface area contributed by atoms with Crippen LogP contribution >= 0.6 is 0 Å². The number of hydrogen-bond acceptors (Lipinski definition) is 3. The number of carbonyl (C=O) groups is 2. The van der Waals surface area contributed by atoms with Gasteiger partial charge < -0.3 is 10.6 Å².